The van der Waals surface area contributed by atoms with Crippen molar-refractivity contribution in [1.82, 2.24) is 9.78 Å². The van der Waals surface area contributed by atoms with Crippen molar-refractivity contribution in [2.45, 2.75) is 33.2 Å². The summed E-state index contributed by atoms with van der Waals surface area (Å²) in [6.45, 7) is 6.56. The Labute approximate surface area is 97.2 Å². The van der Waals surface area contributed by atoms with Crippen LogP contribution in [0.5, 0.6) is 0 Å². The molecule has 0 saturated carbocycles. The smallest absolute Gasteiger partial charge is 0.0663 e. The molecule has 0 bridgehead atoms. The zero-order valence-corrected chi connectivity index (χ0v) is 10.5. The van der Waals surface area contributed by atoms with E-state index in [4.69, 9.17) is 4.74 Å². The Morgan fingerprint density at radius 1 is 1.33 bits per heavy atom. The van der Waals surface area contributed by atoms with E-state index in [1.165, 1.54) is 11.4 Å². The van der Waals surface area contributed by atoms with Gasteiger partial charge in [0, 0.05) is 11.4 Å². The molecule has 1 aromatic heterocycles. The van der Waals surface area contributed by atoms with Gasteiger partial charge in [0.1, 0.15) is 0 Å². The summed E-state index contributed by atoms with van der Waals surface area (Å²) in [5.74, 6) is 0.778. The zero-order valence-electron chi connectivity index (χ0n) is 9.57. The number of aromatic nitrogens is 2. The summed E-state index contributed by atoms with van der Waals surface area (Å²) in [4.78, 5) is 0. The van der Waals surface area contributed by atoms with Gasteiger partial charge in [-0.2, -0.15) is 17.7 Å². The van der Waals surface area contributed by atoms with Gasteiger partial charge < -0.3 is 4.74 Å². The predicted molar refractivity (Wildman–Crippen MR) is 65.7 cm³/mol. The van der Waals surface area contributed by atoms with Crippen LogP contribution in [0.4, 0.5) is 0 Å². The minimum Gasteiger partial charge on any atom is -0.379 e. The highest BCUT2D eigenvalue weighted by molar-refractivity contribution is 7.80. The lowest BCUT2D eigenvalue weighted by Crippen LogP contribution is -2.11. The molecule has 86 valence electrons. The quantitative estimate of drug-likeness (QED) is 0.570. The van der Waals surface area contributed by atoms with Gasteiger partial charge in [-0.05, 0) is 18.9 Å². The third kappa shape index (κ3) is 3.87. The van der Waals surface area contributed by atoms with E-state index in [1.807, 2.05) is 0 Å². The van der Waals surface area contributed by atoms with Crippen LogP contribution in [0.15, 0.2) is 6.07 Å². The summed E-state index contributed by atoms with van der Waals surface area (Å²) < 4.78 is 7.44. The van der Waals surface area contributed by atoms with Gasteiger partial charge in [0.05, 0.1) is 25.5 Å². The maximum Gasteiger partial charge on any atom is 0.0663 e. The van der Waals surface area contributed by atoms with Crippen LogP contribution in [-0.2, 0) is 24.1 Å². The van der Waals surface area contributed by atoms with E-state index in [2.05, 4.69) is 42.3 Å². The van der Waals surface area contributed by atoms with E-state index >= 15 is 0 Å². The third-order valence-corrected chi connectivity index (χ3v) is 2.50. The molecule has 0 aromatic carbocycles. The van der Waals surface area contributed by atoms with E-state index in [1.54, 1.807) is 0 Å². The van der Waals surface area contributed by atoms with Gasteiger partial charge in [-0.15, -0.1) is 0 Å². The fraction of sp³-hybridized carbons (Fsp3) is 0.727. The summed E-state index contributed by atoms with van der Waals surface area (Å²) in [6, 6.07) is 2.18. The minimum atomic E-state index is 0.715. The molecular weight excluding hydrogens is 208 g/mol. The van der Waals surface area contributed by atoms with Crippen molar-refractivity contribution < 1.29 is 4.74 Å². The molecule has 0 spiro atoms. The second kappa shape index (κ2) is 6.90. The molecule has 0 aliphatic rings. The number of hydrogen-bond donors (Lipinski definition) is 1. The van der Waals surface area contributed by atoms with Gasteiger partial charge in [0.2, 0.25) is 0 Å². The second-order valence-corrected chi connectivity index (χ2v) is 3.84. The van der Waals surface area contributed by atoms with E-state index in [9.17, 15) is 0 Å². The average Bonchev–Trinajstić information content (AvgIpc) is 2.67. The number of aryl methyl sites for hydroxylation is 2. The first kappa shape index (κ1) is 12.6. The van der Waals surface area contributed by atoms with Gasteiger partial charge in [0.25, 0.3) is 0 Å². The summed E-state index contributed by atoms with van der Waals surface area (Å²) in [7, 11) is 0. The predicted octanol–water partition coefficient (Wildman–Crippen LogP) is 1.95. The van der Waals surface area contributed by atoms with Crippen LogP contribution in [0.2, 0.25) is 0 Å². The molecular formula is C11H20N2OS. The lowest BCUT2D eigenvalue weighted by molar-refractivity contribution is 0.138. The summed E-state index contributed by atoms with van der Waals surface area (Å²) in [5, 5.41) is 4.51. The van der Waals surface area contributed by atoms with Crippen molar-refractivity contribution in [1.29, 1.82) is 0 Å². The van der Waals surface area contributed by atoms with Crippen molar-refractivity contribution in [3.63, 3.8) is 0 Å². The SMILES string of the molecule is CCc1cc(CC)n(CCOCCS)n1. The molecule has 3 nitrogen and oxygen atoms in total. The van der Waals surface area contributed by atoms with Crippen LogP contribution in [0.3, 0.4) is 0 Å². The first-order valence-corrected chi connectivity index (χ1v) is 6.19. The monoisotopic (exact) mass is 228 g/mol. The van der Waals surface area contributed by atoms with Crippen LogP contribution in [-0.4, -0.2) is 28.7 Å². The first-order valence-electron chi connectivity index (χ1n) is 5.56. The molecule has 0 N–H and O–H groups in total. The van der Waals surface area contributed by atoms with Crippen molar-refractivity contribution >= 4 is 12.6 Å². The van der Waals surface area contributed by atoms with E-state index in [0.29, 0.717) is 6.61 Å². The fourth-order valence-electron chi connectivity index (χ4n) is 1.48. The highest BCUT2D eigenvalue weighted by Gasteiger charge is 2.04. The number of ether oxygens (including phenoxy) is 1. The van der Waals surface area contributed by atoms with Crippen molar-refractivity contribution in [2.24, 2.45) is 0 Å². The van der Waals surface area contributed by atoms with Crippen LogP contribution in [0, 0.1) is 0 Å². The standard InChI is InChI=1S/C11H20N2OS/c1-3-10-9-11(4-2)13(12-10)5-6-14-7-8-15/h9,15H,3-8H2,1-2H3. The van der Waals surface area contributed by atoms with Gasteiger partial charge in [0.15, 0.2) is 0 Å². The van der Waals surface area contributed by atoms with Crippen molar-refractivity contribution in [3.8, 4) is 0 Å². The average molecular weight is 228 g/mol. The minimum absolute atomic E-state index is 0.715. The summed E-state index contributed by atoms with van der Waals surface area (Å²) in [5.41, 5.74) is 2.46. The Balaban J connectivity index is 2.47. The van der Waals surface area contributed by atoms with Crippen molar-refractivity contribution in [2.75, 3.05) is 19.0 Å². The number of rotatable bonds is 7. The maximum absolute atomic E-state index is 5.39. The van der Waals surface area contributed by atoms with Crippen LogP contribution in [0.25, 0.3) is 0 Å². The molecule has 0 amide bonds. The number of hydrogen-bond acceptors (Lipinski definition) is 3. The summed E-state index contributed by atoms with van der Waals surface area (Å²) >= 11 is 4.09. The molecule has 0 fully saturated rings. The van der Waals surface area contributed by atoms with Crippen LogP contribution in [0.1, 0.15) is 25.2 Å². The van der Waals surface area contributed by atoms with Crippen LogP contribution >= 0.6 is 12.6 Å². The van der Waals surface area contributed by atoms with Crippen molar-refractivity contribution in [3.05, 3.63) is 17.5 Å². The van der Waals surface area contributed by atoms with Crippen LogP contribution < -0.4 is 0 Å². The number of nitrogens with zero attached hydrogens (tertiary/aromatic N) is 2. The van der Waals surface area contributed by atoms with E-state index < -0.39 is 0 Å². The molecule has 4 heteroatoms. The molecule has 0 unspecified atom stereocenters. The summed E-state index contributed by atoms with van der Waals surface area (Å²) in [6.07, 6.45) is 2.02. The molecule has 0 aliphatic carbocycles. The molecule has 1 heterocycles. The molecule has 15 heavy (non-hydrogen) atoms. The van der Waals surface area contributed by atoms with E-state index in [0.717, 1.165) is 31.7 Å². The lowest BCUT2D eigenvalue weighted by atomic mass is 10.3. The highest BCUT2D eigenvalue weighted by Crippen LogP contribution is 2.06. The third-order valence-electron chi connectivity index (χ3n) is 2.32. The van der Waals surface area contributed by atoms with Gasteiger partial charge >= 0.3 is 0 Å². The topological polar surface area (TPSA) is 27.1 Å². The number of thiol groups is 1. The first-order chi connectivity index (χ1) is 7.31. The van der Waals surface area contributed by atoms with Gasteiger partial charge in [-0.3, -0.25) is 4.68 Å². The Bertz CT molecular complexity index is 286. The Morgan fingerprint density at radius 3 is 2.73 bits per heavy atom. The molecule has 0 atom stereocenters. The molecule has 0 saturated heterocycles. The highest BCUT2D eigenvalue weighted by atomic mass is 32.1. The molecule has 0 radical (unpaired) electrons. The largest absolute Gasteiger partial charge is 0.379 e. The lowest BCUT2D eigenvalue weighted by Gasteiger charge is -2.05. The normalized spacial score (nSPS) is 10.9. The molecule has 1 aromatic rings. The second-order valence-electron chi connectivity index (χ2n) is 3.39. The molecule has 0 aliphatic heterocycles. The Kier molecular flexibility index (Phi) is 5.79. The Morgan fingerprint density at radius 2 is 2.13 bits per heavy atom. The van der Waals surface area contributed by atoms with Gasteiger partial charge in [-0.1, -0.05) is 13.8 Å². The fourth-order valence-corrected chi connectivity index (χ4v) is 1.61. The maximum atomic E-state index is 5.39. The van der Waals surface area contributed by atoms with E-state index in [-0.39, 0.29) is 0 Å². The molecule has 1 rings (SSSR count). The van der Waals surface area contributed by atoms with Gasteiger partial charge in [-0.25, -0.2) is 0 Å². The Hall–Kier alpha value is -0.480. The zero-order chi connectivity index (χ0) is 11.1.